The molecule has 1 atom stereocenters. The van der Waals surface area contributed by atoms with Gasteiger partial charge in [-0.25, -0.2) is 0 Å². The topological polar surface area (TPSA) is 58.6 Å². The molecule has 0 unspecified atom stereocenters. The zero-order valence-electron chi connectivity index (χ0n) is 17.7. The lowest BCUT2D eigenvalue weighted by molar-refractivity contribution is -0.142. The van der Waals surface area contributed by atoms with Crippen LogP contribution in [-0.4, -0.2) is 35.4 Å². The van der Waals surface area contributed by atoms with Gasteiger partial charge in [-0.05, 0) is 84.3 Å². The molecular formula is C24H28ClIN2O3. The van der Waals surface area contributed by atoms with Crippen LogP contribution in [-0.2, 0) is 16.1 Å². The van der Waals surface area contributed by atoms with E-state index in [1.54, 1.807) is 17.9 Å². The minimum absolute atomic E-state index is 0.128. The molecule has 1 fully saturated rings. The van der Waals surface area contributed by atoms with Crippen molar-refractivity contribution in [2.45, 2.75) is 57.7 Å². The molecule has 0 aromatic heterocycles. The van der Waals surface area contributed by atoms with Gasteiger partial charge in [-0.1, -0.05) is 43.0 Å². The molecule has 2 amide bonds. The zero-order chi connectivity index (χ0) is 22.2. The van der Waals surface area contributed by atoms with E-state index in [2.05, 4.69) is 27.9 Å². The van der Waals surface area contributed by atoms with Gasteiger partial charge in [-0.15, -0.1) is 0 Å². The van der Waals surface area contributed by atoms with Gasteiger partial charge in [0.2, 0.25) is 5.91 Å². The Morgan fingerprint density at radius 1 is 1.16 bits per heavy atom. The molecule has 1 saturated carbocycles. The monoisotopic (exact) mass is 554 g/mol. The van der Waals surface area contributed by atoms with Crippen LogP contribution in [0.2, 0.25) is 5.02 Å². The first kappa shape index (κ1) is 23.9. The minimum atomic E-state index is -0.617. The SMILES string of the molecule is C[C@@H](C(=O)NC1CCCCC1)N(Cc1cccc(Cl)c1)C(=O)COc1ccc(I)cc1. The molecule has 2 aromatic carbocycles. The number of benzene rings is 2. The summed E-state index contributed by atoms with van der Waals surface area (Å²) in [5.41, 5.74) is 0.868. The van der Waals surface area contributed by atoms with E-state index in [4.69, 9.17) is 16.3 Å². The Bertz CT molecular complexity index is 885. The normalized spacial score (nSPS) is 15.2. The fraction of sp³-hybridized carbons (Fsp3) is 0.417. The van der Waals surface area contributed by atoms with Crippen LogP contribution < -0.4 is 10.1 Å². The molecule has 1 aliphatic carbocycles. The molecule has 3 rings (SSSR count). The lowest BCUT2D eigenvalue weighted by Crippen LogP contribution is -2.51. The van der Waals surface area contributed by atoms with Gasteiger partial charge in [0.1, 0.15) is 11.8 Å². The highest BCUT2D eigenvalue weighted by Crippen LogP contribution is 2.19. The fourth-order valence-electron chi connectivity index (χ4n) is 3.74. The van der Waals surface area contributed by atoms with Crippen LogP contribution >= 0.6 is 34.2 Å². The Kier molecular flexibility index (Phi) is 9.02. The van der Waals surface area contributed by atoms with Crippen LogP contribution in [0.3, 0.4) is 0 Å². The van der Waals surface area contributed by atoms with Crippen molar-refractivity contribution in [1.29, 1.82) is 0 Å². The summed E-state index contributed by atoms with van der Waals surface area (Å²) in [5, 5.41) is 3.73. The van der Waals surface area contributed by atoms with Crippen molar-refractivity contribution < 1.29 is 14.3 Å². The Balaban J connectivity index is 1.70. The molecule has 0 aliphatic heterocycles. The fourth-order valence-corrected chi connectivity index (χ4v) is 4.31. The molecule has 0 bridgehead atoms. The van der Waals surface area contributed by atoms with Crippen LogP contribution in [0.15, 0.2) is 48.5 Å². The Hall–Kier alpha value is -1.80. The summed E-state index contributed by atoms with van der Waals surface area (Å²) in [4.78, 5) is 27.6. The predicted octanol–water partition coefficient (Wildman–Crippen LogP) is 5.19. The van der Waals surface area contributed by atoms with Crippen LogP contribution in [0.25, 0.3) is 0 Å². The second kappa shape index (κ2) is 11.7. The summed E-state index contributed by atoms with van der Waals surface area (Å²) in [7, 11) is 0. The summed E-state index contributed by atoms with van der Waals surface area (Å²) >= 11 is 8.34. The average molecular weight is 555 g/mol. The van der Waals surface area contributed by atoms with Gasteiger partial charge in [0.15, 0.2) is 6.61 Å². The van der Waals surface area contributed by atoms with Gasteiger partial charge in [-0.2, -0.15) is 0 Å². The largest absolute Gasteiger partial charge is 0.484 e. The molecular weight excluding hydrogens is 527 g/mol. The molecule has 5 nitrogen and oxygen atoms in total. The number of amides is 2. The van der Waals surface area contributed by atoms with Crippen molar-refractivity contribution in [2.24, 2.45) is 0 Å². The van der Waals surface area contributed by atoms with Crippen LogP contribution in [0.5, 0.6) is 5.75 Å². The highest BCUT2D eigenvalue weighted by molar-refractivity contribution is 14.1. The first-order valence-electron chi connectivity index (χ1n) is 10.6. The third-order valence-corrected chi connectivity index (χ3v) is 6.49. The van der Waals surface area contributed by atoms with Crippen LogP contribution in [0.4, 0.5) is 0 Å². The lowest BCUT2D eigenvalue weighted by atomic mass is 9.95. The number of carbonyl (C=O) groups is 2. The van der Waals surface area contributed by atoms with E-state index in [1.165, 1.54) is 6.42 Å². The van der Waals surface area contributed by atoms with Crippen molar-refractivity contribution in [3.63, 3.8) is 0 Å². The van der Waals surface area contributed by atoms with Gasteiger partial charge in [0.05, 0.1) is 0 Å². The highest BCUT2D eigenvalue weighted by Gasteiger charge is 2.28. The Morgan fingerprint density at radius 2 is 1.87 bits per heavy atom. The van der Waals surface area contributed by atoms with Crippen molar-refractivity contribution >= 4 is 46.0 Å². The van der Waals surface area contributed by atoms with Crippen LogP contribution in [0.1, 0.15) is 44.6 Å². The van der Waals surface area contributed by atoms with E-state index >= 15 is 0 Å². The second-order valence-corrected chi connectivity index (χ2v) is 9.60. The number of hydrogen-bond acceptors (Lipinski definition) is 3. The second-order valence-electron chi connectivity index (χ2n) is 7.91. The molecule has 166 valence electrons. The first-order chi connectivity index (χ1) is 14.9. The molecule has 7 heteroatoms. The van der Waals surface area contributed by atoms with E-state index in [0.717, 1.165) is 34.8 Å². The molecule has 31 heavy (non-hydrogen) atoms. The van der Waals surface area contributed by atoms with Crippen molar-refractivity contribution in [1.82, 2.24) is 10.2 Å². The van der Waals surface area contributed by atoms with Gasteiger partial charge >= 0.3 is 0 Å². The molecule has 0 saturated heterocycles. The maximum atomic E-state index is 13.1. The quantitative estimate of drug-likeness (QED) is 0.457. The third-order valence-electron chi connectivity index (χ3n) is 5.54. The smallest absolute Gasteiger partial charge is 0.261 e. The predicted molar refractivity (Wildman–Crippen MR) is 131 cm³/mol. The highest BCUT2D eigenvalue weighted by atomic mass is 127. The lowest BCUT2D eigenvalue weighted by Gasteiger charge is -2.31. The molecule has 2 aromatic rings. The Morgan fingerprint density at radius 3 is 2.55 bits per heavy atom. The number of nitrogens with one attached hydrogen (secondary N) is 1. The van der Waals surface area contributed by atoms with E-state index in [0.29, 0.717) is 10.8 Å². The molecule has 0 radical (unpaired) electrons. The average Bonchev–Trinajstić information content (AvgIpc) is 2.77. The van der Waals surface area contributed by atoms with Gasteiger partial charge in [-0.3, -0.25) is 9.59 Å². The maximum absolute atomic E-state index is 13.1. The van der Waals surface area contributed by atoms with Gasteiger partial charge in [0, 0.05) is 21.2 Å². The number of ether oxygens (including phenoxy) is 1. The number of rotatable bonds is 8. The van der Waals surface area contributed by atoms with E-state index in [-0.39, 0.29) is 31.0 Å². The van der Waals surface area contributed by atoms with Gasteiger partial charge in [0.25, 0.3) is 5.91 Å². The Labute approximate surface area is 202 Å². The number of carbonyl (C=O) groups excluding carboxylic acids is 2. The first-order valence-corrected chi connectivity index (χ1v) is 12.1. The number of hydrogen-bond donors (Lipinski definition) is 1. The zero-order valence-corrected chi connectivity index (χ0v) is 20.6. The summed E-state index contributed by atoms with van der Waals surface area (Å²) in [6.07, 6.45) is 5.48. The van der Waals surface area contributed by atoms with Crippen molar-refractivity contribution in [2.75, 3.05) is 6.61 Å². The minimum Gasteiger partial charge on any atom is -0.484 e. The molecule has 1 aliphatic rings. The number of halogens is 2. The number of nitrogens with zero attached hydrogens (tertiary/aromatic N) is 1. The molecule has 1 N–H and O–H groups in total. The maximum Gasteiger partial charge on any atom is 0.261 e. The molecule has 0 spiro atoms. The summed E-state index contributed by atoms with van der Waals surface area (Å²) in [6, 6.07) is 14.4. The van der Waals surface area contributed by atoms with E-state index in [9.17, 15) is 9.59 Å². The van der Waals surface area contributed by atoms with Crippen LogP contribution in [0, 0.1) is 3.57 Å². The standard InChI is InChI=1S/C24H28ClIN2O3/c1-17(24(30)27-21-8-3-2-4-9-21)28(15-18-6-5-7-19(25)14-18)23(29)16-31-22-12-10-20(26)11-13-22/h5-7,10-14,17,21H,2-4,8-9,15-16H2,1H3,(H,27,30)/t17-/m0/s1. The third kappa shape index (κ3) is 7.38. The summed E-state index contributed by atoms with van der Waals surface area (Å²) < 4.78 is 6.78. The molecule has 0 heterocycles. The van der Waals surface area contributed by atoms with Gasteiger partial charge < -0.3 is 15.0 Å². The van der Waals surface area contributed by atoms with Crippen molar-refractivity contribution in [3.8, 4) is 5.75 Å². The van der Waals surface area contributed by atoms with Crippen molar-refractivity contribution in [3.05, 3.63) is 62.7 Å². The summed E-state index contributed by atoms with van der Waals surface area (Å²) in [6.45, 7) is 1.92. The van der Waals surface area contributed by atoms with E-state index in [1.807, 2.05) is 42.5 Å². The summed E-state index contributed by atoms with van der Waals surface area (Å²) in [5.74, 6) is 0.247. The van der Waals surface area contributed by atoms with E-state index < -0.39 is 6.04 Å².